The van der Waals surface area contributed by atoms with Crippen LogP contribution in [0.2, 0.25) is 5.02 Å². The molecule has 1 unspecified atom stereocenters. The molecule has 1 atom stereocenters. The normalized spacial score (nSPS) is 14.9. The largest absolute Gasteiger partial charge is 0.497 e. The Morgan fingerprint density at radius 2 is 1.71 bits per heavy atom. The van der Waals surface area contributed by atoms with Gasteiger partial charge in [-0.15, -0.1) is 0 Å². The van der Waals surface area contributed by atoms with Crippen molar-refractivity contribution in [2.24, 2.45) is 0 Å². The van der Waals surface area contributed by atoms with Gasteiger partial charge < -0.3 is 9.47 Å². The minimum absolute atomic E-state index is 0.0136. The predicted octanol–water partition coefficient (Wildman–Crippen LogP) is 6.64. The summed E-state index contributed by atoms with van der Waals surface area (Å²) in [5.41, 5.74) is 1.93. The zero-order valence-electron chi connectivity index (χ0n) is 22.0. The summed E-state index contributed by atoms with van der Waals surface area (Å²) in [6.45, 7) is -0.111. The molecular weight excluding hydrogens is 579 g/mol. The number of alkyl halides is 3. The van der Waals surface area contributed by atoms with Crippen LogP contribution >= 0.6 is 11.6 Å². The Morgan fingerprint density at radius 3 is 2.37 bits per heavy atom. The van der Waals surface area contributed by atoms with Crippen LogP contribution in [0.15, 0.2) is 78.0 Å². The molecule has 1 aliphatic carbocycles. The molecule has 214 valence electrons. The molecule has 0 spiro atoms. The monoisotopic (exact) mass is 603 g/mol. The Labute approximate surface area is 240 Å². The van der Waals surface area contributed by atoms with Crippen LogP contribution in [0, 0.1) is 0 Å². The Balaban J connectivity index is 1.50. The lowest BCUT2D eigenvalue weighted by Crippen LogP contribution is -2.32. The second kappa shape index (κ2) is 11.2. The van der Waals surface area contributed by atoms with Gasteiger partial charge in [0.1, 0.15) is 11.5 Å². The summed E-state index contributed by atoms with van der Waals surface area (Å²) < 4.78 is 79.3. The smallest absolute Gasteiger partial charge is 0.416 e. The van der Waals surface area contributed by atoms with Gasteiger partial charge in [0.15, 0.2) is 0 Å². The number of rotatable bonds is 8. The van der Waals surface area contributed by atoms with Crippen molar-refractivity contribution in [3.8, 4) is 11.5 Å². The summed E-state index contributed by atoms with van der Waals surface area (Å²) in [7, 11) is -1.15. The van der Waals surface area contributed by atoms with E-state index in [9.17, 15) is 21.6 Å². The summed E-state index contributed by atoms with van der Waals surface area (Å²) in [5.74, 6) is 0.719. The van der Waals surface area contributed by atoms with Crippen molar-refractivity contribution in [2.45, 2.75) is 36.4 Å². The molecule has 0 bridgehead atoms. The summed E-state index contributed by atoms with van der Waals surface area (Å²) in [4.78, 5) is 8.42. The second-order valence-electron chi connectivity index (χ2n) is 9.42. The van der Waals surface area contributed by atoms with Gasteiger partial charge in [0.2, 0.25) is 5.95 Å². The third kappa shape index (κ3) is 5.69. The fourth-order valence-corrected chi connectivity index (χ4v) is 6.73. The number of ether oxygens (including phenoxy) is 2. The molecule has 7 nitrogen and oxygen atoms in total. The molecule has 0 radical (unpaired) electrons. The molecule has 5 rings (SSSR count). The van der Waals surface area contributed by atoms with E-state index in [0.29, 0.717) is 35.5 Å². The van der Waals surface area contributed by atoms with Crippen LogP contribution < -0.4 is 13.8 Å². The summed E-state index contributed by atoms with van der Waals surface area (Å²) in [6.07, 6.45) is -0.467. The topological polar surface area (TPSA) is 81.6 Å². The lowest BCUT2D eigenvalue weighted by atomic mass is 9.92. The second-order valence-corrected chi connectivity index (χ2v) is 11.7. The number of methoxy groups -OCH3 is 2. The van der Waals surface area contributed by atoms with Gasteiger partial charge in [-0.1, -0.05) is 23.7 Å². The molecule has 41 heavy (non-hydrogen) atoms. The number of aromatic nitrogens is 2. The van der Waals surface area contributed by atoms with Crippen molar-refractivity contribution >= 4 is 27.6 Å². The van der Waals surface area contributed by atoms with Crippen molar-refractivity contribution < 1.29 is 31.1 Å². The van der Waals surface area contributed by atoms with Crippen molar-refractivity contribution in [3.63, 3.8) is 0 Å². The van der Waals surface area contributed by atoms with E-state index < -0.39 is 21.8 Å². The molecular formula is C29H25ClF3N3O4S. The molecule has 0 saturated heterocycles. The summed E-state index contributed by atoms with van der Waals surface area (Å²) in [5, 5.41) is 0.0233. The van der Waals surface area contributed by atoms with Gasteiger partial charge in [-0.25, -0.2) is 22.7 Å². The van der Waals surface area contributed by atoms with Crippen LogP contribution in [0.4, 0.5) is 19.1 Å². The van der Waals surface area contributed by atoms with Crippen LogP contribution in [0.5, 0.6) is 11.5 Å². The SMILES string of the molecule is COc1ccc(CN(c2ncccn2)S(=O)(=O)c2ccc3c(c2)CCC3c2ccc(C(F)(F)F)cc2Cl)c(OC)c1. The van der Waals surface area contributed by atoms with Gasteiger partial charge in [-0.05, 0) is 72.0 Å². The third-order valence-corrected chi connectivity index (χ3v) is 9.12. The molecule has 0 fully saturated rings. The minimum Gasteiger partial charge on any atom is -0.497 e. The van der Waals surface area contributed by atoms with Gasteiger partial charge in [-0.3, -0.25) is 0 Å². The first-order valence-corrected chi connectivity index (χ1v) is 14.3. The Hall–Kier alpha value is -3.83. The highest BCUT2D eigenvalue weighted by Crippen LogP contribution is 2.43. The van der Waals surface area contributed by atoms with Crippen LogP contribution in [-0.2, 0) is 29.2 Å². The number of nitrogens with zero attached hydrogens (tertiary/aromatic N) is 3. The maximum atomic E-state index is 14.0. The number of fused-ring (bicyclic) bond motifs is 1. The Morgan fingerprint density at radius 1 is 0.976 bits per heavy atom. The van der Waals surface area contributed by atoms with Crippen LogP contribution in [0.1, 0.15) is 40.2 Å². The van der Waals surface area contributed by atoms with Gasteiger partial charge in [-0.2, -0.15) is 13.2 Å². The standard InChI is InChI=1S/C29H25ClF3N3O4S/c1-39-21-7-4-19(27(16-21)40-2)17-36(28-34-12-3-13-35-28)41(37,38)22-8-11-23-18(14-22)5-9-24(23)25-10-6-20(15-26(25)30)29(31,32)33/h3-4,6-8,10-16,24H,5,9,17H2,1-2H3. The van der Waals surface area contributed by atoms with Gasteiger partial charge in [0.05, 0.1) is 31.2 Å². The number of anilines is 1. The maximum absolute atomic E-state index is 14.0. The van der Waals surface area contributed by atoms with Crippen molar-refractivity contribution in [2.75, 3.05) is 18.5 Å². The van der Waals surface area contributed by atoms with Gasteiger partial charge >= 0.3 is 6.18 Å². The average Bonchev–Trinajstić information content (AvgIpc) is 3.39. The number of aryl methyl sites for hydroxylation is 1. The van der Waals surface area contributed by atoms with Gasteiger partial charge in [0, 0.05) is 35.0 Å². The van der Waals surface area contributed by atoms with E-state index in [1.54, 1.807) is 36.4 Å². The third-order valence-electron chi connectivity index (χ3n) is 7.07. The predicted molar refractivity (Wildman–Crippen MR) is 148 cm³/mol. The molecule has 4 aromatic rings. The van der Waals surface area contributed by atoms with E-state index in [1.165, 1.54) is 38.7 Å². The number of hydrogen-bond acceptors (Lipinski definition) is 6. The summed E-state index contributed by atoms with van der Waals surface area (Å²) >= 11 is 6.28. The number of hydrogen-bond donors (Lipinski definition) is 0. The van der Waals surface area contributed by atoms with E-state index >= 15 is 0 Å². The van der Waals surface area contributed by atoms with Crippen LogP contribution in [0.25, 0.3) is 0 Å². The van der Waals surface area contributed by atoms with Crippen molar-refractivity contribution in [3.05, 3.63) is 106 Å². The maximum Gasteiger partial charge on any atom is 0.416 e. The molecule has 0 aliphatic heterocycles. The van der Waals surface area contributed by atoms with E-state index in [1.807, 2.05) is 0 Å². The lowest BCUT2D eigenvalue weighted by Gasteiger charge is -2.24. The molecule has 1 aliphatic rings. The number of benzene rings is 3. The Bertz CT molecular complexity index is 1680. The average molecular weight is 604 g/mol. The molecule has 12 heteroatoms. The highest BCUT2D eigenvalue weighted by Gasteiger charge is 2.34. The summed E-state index contributed by atoms with van der Waals surface area (Å²) in [6, 6.07) is 14.8. The minimum atomic E-state index is -4.50. The van der Waals surface area contributed by atoms with E-state index in [4.69, 9.17) is 21.1 Å². The van der Waals surface area contributed by atoms with E-state index in [0.717, 1.165) is 27.6 Å². The zero-order valence-corrected chi connectivity index (χ0v) is 23.6. The quantitative estimate of drug-likeness (QED) is 0.225. The number of sulfonamides is 1. The molecule has 3 aromatic carbocycles. The highest BCUT2D eigenvalue weighted by atomic mass is 35.5. The first-order chi connectivity index (χ1) is 19.5. The zero-order chi connectivity index (χ0) is 29.4. The highest BCUT2D eigenvalue weighted by molar-refractivity contribution is 7.92. The first-order valence-electron chi connectivity index (χ1n) is 12.5. The van der Waals surface area contributed by atoms with E-state index in [-0.39, 0.29) is 28.3 Å². The van der Waals surface area contributed by atoms with Crippen molar-refractivity contribution in [1.29, 1.82) is 0 Å². The molecule has 0 N–H and O–H groups in total. The lowest BCUT2D eigenvalue weighted by molar-refractivity contribution is -0.137. The molecule has 1 heterocycles. The Kier molecular flexibility index (Phi) is 7.85. The molecule has 1 aromatic heterocycles. The van der Waals surface area contributed by atoms with Crippen LogP contribution in [-0.4, -0.2) is 32.6 Å². The van der Waals surface area contributed by atoms with Gasteiger partial charge in [0.25, 0.3) is 10.0 Å². The molecule has 0 amide bonds. The number of halogens is 4. The van der Waals surface area contributed by atoms with Crippen LogP contribution in [0.3, 0.4) is 0 Å². The van der Waals surface area contributed by atoms with E-state index in [2.05, 4.69) is 9.97 Å². The molecule has 0 saturated carbocycles. The fraction of sp³-hybridized carbons (Fsp3) is 0.241. The first kappa shape index (κ1) is 28.7. The van der Waals surface area contributed by atoms with Crippen molar-refractivity contribution in [1.82, 2.24) is 9.97 Å². The fourth-order valence-electron chi connectivity index (χ4n) is 5.01.